The molecule has 0 bridgehead atoms. The summed E-state index contributed by atoms with van der Waals surface area (Å²) >= 11 is 0. The second-order valence-corrected chi connectivity index (χ2v) is 19.9. The molecular weight excluding hydrogens is 829 g/mol. The van der Waals surface area contributed by atoms with Gasteiger partial charge in [-0.3, -0.25) is 14.4 Å². The molecule has 0 amide bonds. The van der Waals surface area contributed by atoms with E-state index in [1.54, 1.807) is 0 Å². The molecule has 1 unspecified atom stereocenters. The number of rotatable bonds is 54. The van der Waals surface area contributed by atoms with Crippen molar-refractivity contribution >= 4 is 17.9 Å². The van der Waals surface area contributed by atoms with Crippen molar-refractivity contribution in [1.29, 1.82) is 0 Å². The number of hydrogen-bond acceptors (Lipinski definition) is 6. The zero-order chi connectivity index (χ0) is 48.6. The number of carbonyl (C=O) groups is 3. The van der Waals surface area contributed by atoms with E-state index < -0.39 is 6.10 Å². The number of esters is 3. The summed E-state index contributed by atoms with van der Waals surface area (Å²) in [5.41, 5.74) is 0. The van der Waals surface area contributed by atoms with Crippen LogP contribution in [0.5, 0.6) is 0 Å². The quantitative estimate of drug-likeness (QED) is 0.0262. The fraction of sp³-hybridized carbons (Fsp3) is 0.852. The van der Waals surface area contributed by atoms with Gasteiger partial charge in [0.15, 0.2) is 6.10 Å². The van der Waals surface area contributed by atoms with E-state index in [2.05, 4.69) is 57.2 Å². The van der Waals surface area contributed by atoms with Gasteiger partial charge in [-0.2, -0.15) is 0 Å². The molecule has 0 aromatic carbocycles. The van der Waals surface area contributed by atoms with Gasteiger partial charge < -0.3 is 14.2 Å². The first-order valence-electron chi connectivity index (χ1n) is 29.5. The van der Waals surface area contributed by atoms with Crippen LogP contribution in [0.2, 0.25) is 0 Å². The molecule has 6 heteroatoms. The Morgan fingerprint density at radius 2 is 0.552 bits per heavy atom. The van der Waals surface area contributed by atoms with E-state index >= 15 is 0 Å². The third kappa shape index (κ3) is 54.4. The molecule has 67 heavy (non-hydrogen) atoms. The zero-order valence-electron chi connectivity index (χ0n) is 44.9. The summed E-state index contributed by atoms with van der Waals surface area (Å²) < 4.78 is 16.9. The summed E-state index contributed by atoms with van der Waals surface area (Å²) in [6, 6.07) is 0. The minimum Gasteiger partial charge on any atom is -0.462 e. The van der Waals surface area contributed by atoms with Crippen LogP contribution in [0.25, 0.3) is 0 Å². The van der Waals surface area contributed by atoms with Crippen molar-refractivity contribution in [2.24, 2.45) is 0 Å². The highest BCUT2D eigenvalue weighted by molar-refractivity contribution is 5.71. The Morgan fingerprint density at radius 3 is 0.881 bits per heavy atom. The van der Waals surface area contributed by atoms with Gasteiger partial charge in [-0.05, 0) is 70.6 Å². The molecule has 392 valence electrons. The van der Waals surface area contributed by atoms with Crippen LogP contribution in [0.4, 0.5) is 0 Å². The predicted molar refractivity (Wildman–Crippen MR) is 289 cm³/mol. The molecule has 6 nitrogen and oxygen atoms in total. The average Bonchev–Trinajstić information content (AvgIpc) is 3.33. The Hall–Kier alpha value is -2.37. The number of hydrogen-bond donors (Lipinski definition) is 0. The summed E-state index contributed by atoms with van der Waals surface area (Å²) in [5.74, 6) is -0.875. The van der Waals surface area contributed by atoms with Gasteiger partial charge in [0.1, 0.15) is 13.2 Å². The van der Waals surface area contributed by atoms with Crippen LogP contribution in [-0.2, 0) is 28.6 Å². The molecule has 0 aliphatic heterocycles. The van der Waals surface area contributed by atoms with Crippen molar-refractivity contribution in [3.8, 4) is 0 Å². The SMILES string of the molecule is CCCC/C=C\C/C=C\CCCCCCCC(=O)OCC(COC(=O)CCCCCCCCCCCCCCCCCCCC)OC(=O)CCCCCCCCC/C=C\CCCCCCCC. The lowest BCUT2D eigenvalue weighted by Crippen LogP contribution is -2.30. The molecule has 1 atom stereocenters. The van der Waals surface area contributed by atoms with Crippen LogP contribution in [0.3, 0.4) is 0 Å². The van der Waals surface area contributed by atoms with E-state index in [1.807, 2.05) is 0 Å². The molecule has 0 aromatic heterocycles. The summed E-state index contributed by atoms with van der Waals surface area (Å²) in [5, 5.41) is 0. The highest BCUT2D eigenvalue weighted by atomic mass is 16.6. The molecule has 0 saturated carbocycles. The molecule has 0 heterocycles. The van der Waals surface area contributed by atoms with Gasteiger partial charge in [-0.25, -0.2) is 0 Å². The largest absolute Gasteiger partial charge is 0.462 e. The lowest BCUT2D eigenvalue weighted by Gasteiger charge is -2.18. The van der Waals surface area contributed by atoms with Crippen LogP contribution in [0.15, 0.2) is 36.5 Å². The van der Waals surface area contributed by atoms with E-state index in [0.717, 1.165) is 77.0 Å². The fourth-order valence-electron chi connectivity index (χ4n) is 8.63. The maximum Gasteiger partial charge on any atom is 0.306 e. The topological polar surface area (TPSA) is 78.9 Å². The van der Waals surface area contributed by atoms with E-state index in [-0.39, 0.29) is 31.1 Å². The first-order chi connectivity index (χ1) is 33.0. The van der Waals surface area contributed by atoms with Crippen LogP contribution in [-0.4, -0.2) is 37.2 Å². The summed E-state index contributed by atoms with van der Waals surface area (Å²) in [6.07, 6.45) is 67.0. The van der Waals surface area contributed by atoms with Crippen molar-refractivity contribution < 1.29 is 28.6 Å². The van der Waals surface area contributed by atoms with Crippen LogP contribution in [0.1, 0.15) is 316 Å². The molecule has 0 aliphatic carbocycles. The second kappa shape index (κ2) is 56.2. The summed E-state index contributed by atoms with van der Waals surface area (Å²) in [6.45, 7) is 6.63. The minimum atomic E-state index is -0.777. The van der Waals surface area contributed by atoms with E-state index in [9.17, 15) is 14.4 Å². The number of allylic oxidation sites excluding steroid dienone is 6. The van der Waals surface area contributed by atoms with E-state index in [4.69, 9.17) is 14.2 Å². The molecule has 0 aliphatic rings. The standard InChI is InChI=1S/C61H112O6/c1-4-7-10-13-16-19-22-25-28-30-32-33-36-39-42-45-48-51-54-60(63)66-57-58(56-65-59(62)53-50-47-44-41-38-35-27-24-21-18-15-12-9-6-3)67-61(64)55-52-49-46-43-40-37-34-31-29-26-23-20-17-14-11-8-5-2/h15,18,24,26-27,29,58H,4-14,16-17,19-23,25,28,30-57H2,1-3H3/b18-15-,27-24-,29-26-. The van der Waals surface area contributed by atoms with Crippen molar-refractivity contribution in [3.63, 3.8) is 0 Å². The Morgan fingerprint density at radius 1 is 0.299 bits per heavy atom. The molecule has 0 fully saturated rings. The molecule has 0 aromatic rings. The first kappa shape index (κ1) is 64.6. The Bertz CT molecular complexity index is 1130. The third-order valence-corrected chi connectivity index (χ3v) is 13.1. The highest BCUT2D eigenvalue weighted by Gasteiger charge is 2.19. The maximum absolute atomic E-state index is 12.9. The lowest BCUT2D eigenvalue weighted by molar-refractivity contribution is -0.167. The Labute approximate surface area is 416 Å². The average molecular weight is 942 g/mol. The maximum atomic E-state index is 12.9. The van der Waals surface area contributed by atoms with Crippen LogP contribution < -0.4 is 0 Å². The van der Waals surface area contributed by atoms with E-state index in [0.29, 0.717) is 19.3 Å². The number of carbonyl (C=O) groups excluding carboxylic acids is 3. The Kier molecular flexibility index (Phi) is 54.2. The van der Waals surface area contributed by atoms with Gasteiger partial charge in [-0.1, -0.05) is 263 Å². The highest BCUT2D eigenvalue weighted by Crippen LogP contribution is 2.17. The van der Waals surface area contributed by atoms with Gasteiger partial charge in [0, 0.05) is 19.3 Å². The van der Waals surface area contributed by atoms with Crippen molar-refractivity contribution in [1.82, 2.24) is 0 Å². The van der Waals surface area contributed by atoms with Gasteiger partial charge in [-0.15, -0.1) is 0 Å². The normalized spacial score (nSPS) is 12.2. The molecule has 0 N–H and O–H groups in total. The Balaban J connectivity index is 4.34. The predicted octanol–water partition coefficient (Wildman–Crippen LogP) is 19.7. The number of ether oxygens (including phenoxy) is 3. The van der Waals surface area contributed by atoms with Gasteiger partial charge >= 0.3 is 17.9 Å². The molecule has 0 saturated heterocycles. The zero-order valence-corrected chi connectivity index (χ0v) is 44.9. The van der Waals surface area contributed by atoms with E-state index in [1.165, 1.54) is 199 Å². The smallest absolute Gasteiger partial charge is 0.306 e. The van der Waals surface area contributed by atoms with Gasteiger partial charge in [0.2, 0.25) is 0 Å². The van der Waals surface area contributed by atoms with Crippen molar-refractivity contribution in [3.05, 3.63) is 36.5 Å². The molecule has 0 spiro atoms. The molecular formula is C61H112O6. The lowest BCUT2D eigenvalue weighted by atomic mass is 10.0. The van der Waals surface area contributed by atoms with Gasteiger partial charge in [0.25, 0.3) is 0 Å². The molecule has 0 rings (SSSR count). The van der Waals surface area contributed by atoms with Crippen molar-refractivity contribution in [2.75, 3.05) is 13.2 Å². The summed E-state index contributed by atoms with van der Waals surface area (Å²) in [7, 11) is 0. The third-order valence-electron chi connectivity index (χ3n) is 13.1. The first-order valence-corrected chi connectivity index (χ1v) is 29.5. The fourth-order valence-corrected chi connectivity index (χ4v) is 8.63. The molecule has 0 radical (unpaired) electrons. The minimum absolute atomic E-state index is 0.0747. The van der Waals surface area contributed by atoms with Crippen molar-refractivity contribution in [2.45, 2.75) is 322 Å². The number of unbranched alkanes of at least 4 members (excludes halogenated alkanes) is 37. The van der Waals surface area contributed by atoms with Crippen LogP contribution in [0, 0.1) is 0 Å². The van der Waals surface area contributed by atoms with Crippen LogP contribution >= 0.6 is 0 Å². The summed E-state index contributed by atoms with van der Waals surface area (Å²) in [4.78, 5) is 38.2. The monoisotopic (exact) mass is 941 g/mol. The van der Waals surface area contributed by atoms with Gasteiger partial charge in [0.05, 0.1) is 0 Å². The second-order valence-electron chi connectivity index (χ2n) is 19.9.